The zero-order chi connectivity index (χ0) is 35.4. The van der Waals surface area contributed by atoms with Gasteiger partial charge in [-0.25, -0.2) is 9.59 Å². The Morgan fingerprint density at radius 2 is 1.85 bits per heavy atom. The van der Waals surface area contributed by atoms with Gasteiger partial charge >= 0.3 is 18.1 Å². The molecule has 1 aliphatic heterocycles. The van der Waals surface area contributed by atoms with Gasteiger partial charge in [0.15, 0.2) is 0 Å². The number of dihydropyridines is 1. The molecule has 0 saturated carbocycles. The van der Waals surface area contributed by atoms with E-state index in [4.69, 9.17) is 19.5 Å². The van der Waals surface area contributed by atoms with Crippen molar-refractivity contribution >= 4 is 17.6 Å². The number of ether oxygens (including phenoxy) is 4. The van der Waals surface area contributed by atoms with Crippen LogP contribution in [0.2, 0.25) is 0 Å². The number of aliphatic hydroxyl groups is 1. The first-order valence-electron chi connectivity index (χ1n) is 14.8. The number of benzene rings is 2. The van der Waals surface area contributed by atoms with Crippen LogP contribution in [-0.4, -0.2) is 74.3 Å². The smallest absolute Gasteiger partial charge is 0.431 e. The van der Waals surface area contributed by atoms with Crippen molar-refractivity contribution < 1.29 is 51.7 Å². The summed E-state index contributed by atoms with van der Waals surface area (Å²) in [7, 11) is 0.869. The fraction of sp³-hybridized carbons (Fsp3) is 0.406. The number of methoxy groups -OCH3 is 1. The number of nitriles is 1. The lowest BCUT2D eigenvalue weighted by Crippen LogP contribution is -2.38. The van der Waals surface area contributed by atoms with Crippen LogP contribution in [0.25, 0.3) is 0 Å². The highest BCUT2D eigenvalue weighted by atomic mass is 19.4. The minimum atomic E-state index is -5.10. The highest BCUT2D eigenvalue weighted by Gasteiger charge is 2.48. The maximum absolute atomic E-state index is 14.2. The largest absolute Gasteiger partial charge is 0.493 e. The highest BCUT2D eigenvalue weighted by molar-refractivity contribution is 6.00. The summed E-state index contributed by atoms with van der Waals surface area (Å²) in [5.41, 5.74) is -3.55. The fourth-order valence-electron chi connectivity index (χ4n) is 4.91. The van der Waals surface area contributed by atoms with Crippen LogP contribution in [0.15, 0.2) is 65.0 Å². The van der Waals surface area contributed by atoms with Crippen molar-refractivity contribution in [2.75, 3.05) is 40.0 Å². The van der Waals surface area contributed by atoms with Crippen LogP contribution < -0.4 is 20.1 Å². The number of halogens is 3. The van der Waals surface area contributed by atoms with Crippen LogP contribution in [0.1, 0.15) is 43.7 Å². The predicted molar refractivity (Wildman–Crippen MR) is 164 cm³/mol. The number of carbonyl (C=O) groups is 2. The molecule has 0 saturated heterocycles. The summed E-state index contributed by atoms with van der Waals surface area (Å²) < 4.78 is 63.9. The van der Waals surface area contributed by atoms with Crippen LogP contribution in [0.3, 0.4) is 0 Å². The van der Waals surface area contributed by atoms with E-state index in [0.29, 0.717) is 30.7 Å². The molecule has 2 aromatic carbocycles. The molecule has 0 aromatic heterocycles. The molecule has 16 heteroatoms. The monoisotopic (exact) mass is 676 g/mol. The number of non-ortho nitro benzene ring substituents is 1. The Kier molecular flexibility index (Phi) is 13.3. The summed E-state index contributed by atoms with van der Waals surface area (Å²) in [5.74, 6) is -3.99. The van der Waals surface area contributed by atoms with Gasteiger partial charge in [-0.2, -0.15) is 18.4 Å². The number of hydrogen-bond acceptors (Lipinski definition) is 12. The standard InChI is InChI=1S/C32H35F3N4O9/c1-4-46-31(42)26-19(2)38-29(32(33,34)35)28(30(41)45-3)27(26)23-15-21(39(43)44)11-12-25(23)47-14-8-7-13-37-17-22(40)18-48-24-10-6-5-9-20(24)16-36/h5-6,9-12,15,22,27,37-38,40H,4,7-8,13-14,17-18H2,1-3H3. The van der Waals surface area contributed by atoms with Gasteiger partial charge in [0.05, 0.1) is 47.9 Å². The molecule has 2 atom stereocenters. The van der Waals surface area contributed by atoms with Crippen molar-refractivity contribution in [1.82, 2.24) is 10.6 Å². The van der Waals surface area contributed by atoms with E-state index < -0.39 is 52.0 Å². The van der Waals surface area contributed by atoms with Crippen molar-refractivity contribution in [3.8, 4) is 17.6 Å². The molecule has 3 N–H and O–H groups in total. The van der Waals surface area contributed by atoms with Crippen LogP contribution >= 0.6 is 0 Å². The van der Waals surface area contributed by atoms with Crippen LogP contribution in [-0.2, 0) is 19.1 Å². The maximum atomic E-state index is 14.2. The lowest BCUT2D eigenvalue weighted by molar-refractivity contribution is -0.384. The van der Waals surface area contributed by atoms with Crippen molar-refractivity contribution in [1.29, 1.82) is 5.26 Å². The summed E-state index contributed by atoms with van der Waals surface area (Å²) in [4.78, 5) is 36.9. The number of rotatable bonds is 16. The Labute approximate surface area is 274 Å². The number of nitrogens with zero attached hydrogens (tertiary/aromatic N) is 2. The van der Waals surface area contributed by atoms with E-state index in [9.17, 15) is 38.0 Å². The Morgan fingerprint density at radius 3 is 2.50 bits per heavy atom. The number of unbranched alkanes of at least 4 members (excludes halogenated alkanes) is 1. The molecule has 13 nitrogen and oxygen atoms in total. The molecule has 2 aromatic rings. The molecule has 0 aliphatic carbocycles. The maximum Gasteiger partial charge on any atom is 0.431 e. The summed E-state index contributed by atoms with van der Waals surface area (Å²) in [6.45, 7) is 3.12. The van der Waals surface area contributed by atoms with Crippen molar-refractivity contribution in [2.24, 2.45) is 0 Å². The number of nitro benzene ring substituents is 1. The van der Waals surface area contributed by atoms with E-state index in [2.05, 4.69) is 15.4 Å². The average Bonchev–Trinajstić information content (AvgIpc) is 3.05. The zero-order valence-electron chi connectivity index (χ0n) is 26.4. The minimum absolute atomic E-state index is 0.00883. The number of carbonyl (C=O) groups excluding carboxylic acids is 2. The van der Waals surface area contributed by atoms with Crippen LogP contribution in [0.4, 0.5) is 18.9 Å². The van der Waals surface area contributed by atoms with Gasteiger partial charge in [-0.1, -0.05) is 12.1 Å². The molecule has 2 unspecified atom stereocenters. The molecule has 1 heterocycles. The summed E-state index contributed by atoms with van der Waals surface area (Å²) in [6, 6.07) is 11.9. The molecule has 0 fully saturated rings. The lowest BCUT2D eigenvalue weighted by atomic mass is 9.79. The third-order valence-corrected chi connectivity index (χ3v) is 7.09. The van der Waals surface area contributed by atoms with E-state index in [1.54, 1.807) is 24.3 Å². The molecule has 3 rings (SSSR count). The number of alkyl halides is 3. The van der Waals surface area contributed by atoms with Gasteiger partial charge in [-0.05, 0) is 51.4 Å². The molecule has 48 heavy (non-hydrogen) atoms. The topological polar surface area (TPSA) is 182 Å². The Morgan fingerprint density at radius 1 is 1.12 bits per heavy atom. The molecule has 258 valence electrons. The second kappa shape index (κ2) is 17.1. The summed E-state index contributed by atoms with van der Waals surface area (Å²) in [5, 5.41) is 36.2. The number of nitrogens with one attached hydrogen (secondary N) is 2. The number of nitro groups is 1. The van der Waals surface area contributed by atoms with Gasteiger partial charge in [-0.15, -0.1) is 0 Å². The van der Waals surface area contributed by atoms with Crippen molar-refractivity contribution in [3.63, 3.8) is 0 Å². The summed E-state index contributed by atoms with van der Waals surface area (Å²) >= 11 is 0. The third-order valence-electron chi connectivity index (χ3n) is 7.09. The number of aliphatic hydroxyl groups excluding tert-OH is 1. The second-order valence-electron chi connectivity index (χ2n) is 10.4. The molecule has 0 amide bonds. The van der Waals surface area contributed by atoms with Gasteiger partial charge in [0.25, 0.3) is 5.69 Å². The molecule has 0 bridgehead atoms. The van der Waals surface area contributed by atoms with E-state index in [1.165, 1.54) is 19.9 Å². The van der Waals surface area contributed by atoms with E-state index in [-0.39, 0.29) is 48.9 Å². The fourth-order valence-corrected chi connectivity index (χ4v) is 4.91. The third kappa shape index (κ3) is 9.46. The average molecular weight is 677 g/mol. The Hall–Kier alpha value is -5.14. The molecule has 0 radical (unpaired) electrons. The predicted octanol–water partition coefficient (Wildman–Crippen LogP) is 4.17. The highest BCUT2D eigenvalue weighted by Crippen LogP contribution is 2.46. The van der Waals surface area contributed by atoms with E-state index in [1.807, 2.05) is 6.07 Å². The first-order valence-corrected chi connectivity index (χ1v) is 14.8. The van der Waals surface area contributed by atoms with Gasteiger partial charge in [0.2, 0.25) is 0 Å². The molecular weight excluding hydrogens is 641 g/mol. The normalized spacial score (nSPS) is 15.2. The first kappa shape index (κ1) is 37.3. The van der Waals surface area contributed by atoms with Gasteiger partial charge in [-0.3, -0.25) is 10.1 Å². The number of hydrogen-bond donors (Lipinski definition) is 3. The quantitative estimate of drug-likeness (QED) is 0.100. The molecule has 1 aliphatic rings. The second-order valence-corrected chi connectivity index (χ2v) is 10.4. The number of allylic oxidation sites excluding steroid dienone is 2. The Bertz CT molecular complexity index is 1600. The van der Waals surface area contributed by atoms with Gasteiger partial charge in [0, 0.05) is 29.9 Å². The van der Waals surface area contributed by atoms with Crippen molar-refractivity contribution in [3.05, 3.63) is 86.2 Å². The van der Waals surface area contributed by atoms with Crippen LogP contribution in [0, 0.1) is 21.4 Å². The number of para-hydroxylation sites is 1. The molecular formula is C32H35F3N4O9. The minimum Gasteiger partial charge on any atom is -0.493 e. The summed E-state index contributed by atoms with van der Waals surface area (Å²) in [6.07, 6.45) is -5.03. The van der Waals surface area contributed by atoms with E-state index >= 15 is 0 Å². The molecule has 0 spiro atoms. The van der Waals surface area contributed by atoms with Gasteiger partial charge < -0.3 is 34.7 Å². The zero-order valence-corrected chi connectivity index (χ0v) is 26.4. The van der Waals surface area contributed by atoms with Crippen LogP contribution in [0.5, 0.6) is 11.5 Å². The van der Waals surface area contributed by atoms with E-state index in [0.717, 1.165) is 19.2 Å². The first-order chi connectivity index (χ1) is 22.8. The SMILES string of the molecule is CCOC(=O)C1=C(C)NC(C(F)(F)F)=C(C(=O)OC)C1c1cc([N+](=O)[O-])ccc1OCCCCNCC(O)COc1ccccc1C#N. The Balaban J connectivity index is 1.77. The van der Waals surface area contributed by atoms with Gasteiger partial charge in [0.1, 0.15) is 36.0 Å². The number of esters is 2. The van der Waals surface area contributed by atoms with Crippen molar-refractivity contribution in [2.45, 2.75) is 44.9 Å². The lowest BCUT2D eigenvalue weighted by Gasteiger charge is -2.32.